The molecule has 0 aliphatic rings. The molecule has 0 bridgehead atoms. The van der Waals surface area contributed by atoms with Crippen molar-refractivity contribution in [2.75, 3.05) is 11.9 Å². The molecule has 152 valence electrons. The van der Waals surface area contributed by atoms with Crippen LogP contribution in [0.1, 0.15) is 37.2 Å². The van der Waals surface area contributed by atoms with Crippen molar-refractivity contribution in [2.45, 2.75) is 26.8 Å². The second-order valence-corrected chi connectivity index (χ2v) is 8.35. The number of aromatic nitrogens is 3. The van der Waals surface area contributed by atoms with Crippen LogP contribution in [0.4, 0.5) is 5.69 Å². The third kappa shape index (κ3) is 4.80. The van der Waals surface area contributed by atoms with Crippen molar-refractivity contribution >= 4 is 41.1 Å². The molecule has 0 aliphatic carbocycles. The van der Waals surface area contributed by atoms with Crippen molar-refractivity contribution in [3.8, 4) is 10.7 Å². The van der Waals surface area contributed by atoms with Gasteiger partial charge in [-0.2, -0.15) is 5.10 Å². The van der Waals surface area contributed by atoms with Crippen molar-refractivity contribution in [1.29, 1.82) is 0 Å². The van der Waals surface area contributed by atoms with Crippen LogP contribution in [-0.2, 0) is 4.79 Å². The van der Waals surface area contributed by atoms with Crippen molar-refractivity contribution in [2.24, 2.45) is 5.92 Å². The molecule has 0 spiro atoms. The van der Waals surface area contributed by atoms with E-state index in [2.05, 4.69) is 20.8 Å². The maximum Gasteiger partial charge on any atom is 0.253 e. The van der Waals surface area contributed by atoms with E-state index in [1.807, 2.05) is 31.4 Å². The highest BCUT2D eigenvalue weighted by atomic mass is 32.1. The Bertz CT molecular complexity index is 1050. The highest BCUT2D eigenvalue weighted by Crippen LogP contribution is 2.26. The Morgan fingerprint density at radius 1 is 1.21 bits per heavy atom. The molecule has 1 aromatic carbocycles. The molecule has 3 aromatic rings. The first-order valence-corrected chi connectivity index (χ1v) is 10.6. The van der Waals surface area contributed by atoms with E-state index in [9.17, 15) is 9.59 Å². The standard InChI is InChI=1S/C20H23N5O2S2/c1-12(2)11-21-19(27)14-7-4-5-8-15(14)22-18(26)13(3)25-17(23-24-20(25)28)16-9-6-10-29-16/h4-10,12-13H,11H2,1-3H3,(H,21,27)(H,22,26)(H,24,28). The van der Waals surface area contributed by atoms with Gasteiger partial charge in [-0.3, -0.25) is 19.3 Å². The number of nitrogens with one attached hydrogen (secondary N) is 3. The molecule has 0 aliphatic heterocycles. The summed E-state index contributed by atoms with van der Waals surface area (Å²) < 4.78 is 2.04. The topological polar surface area (TPSA) is 91.8 Å². The van der Waals surface area contributed by atoms with Crippen LogP contribution < -0.4 is 10.6 Å². The zero-order valence-corrected chi connectivity index (χ0v) is 18.1. The van der Waals surface area contributed by atoms with Crippen molar-refractivity contribution in [3.63, 3.8) is 0 Å². The molecule has 2 amide bonds. The third-order valence-corrected chi connectivity index (χ3v) is 5.47. The number of thiophene rings is 1. The third-order valence-electron chi connectivity index (χ3n) is 4.31. The van der Waals surface area contributed by atoms with E-state index >= 15 is 0 Å². The molecule has 3 rings (SSSR count). The number of nitrogens with zero attached hydrogens (tertiary/aromatic N) is 2. The Hall–Kier alpha value is -2.78. The Morgan fingerprint density at radius 3 is 2.66 bits per heavy atom. The lowest BCUT2D eigenvalue weighted by molar-refractivity contribution is -0.118. The average molecular weight is 430 g/mol. The number of aromatic amines is 1. The van der Waals surface area contributed by atoms with Gasteiger partial charge < -0.3 is 10.6 Å². The van der Waals surface area contributed by atoms with E-state index in [4.69, 9.17) is 12.2 Å². The number of carbonyl (C=O) groups excluding carboxylic acids is 2. The van der Waals surface area contributed by atoms with Gasteiger partial charge in [-0.05, 0) is 48.6 Å². The summed E-state index contributed by atoms with van der Waals surface area (Å²) in [7, 11) is 0. The van der Waals surface area contributed by atoms with Crippen LogP contribution in [-0.4, -0.2) is 33.1 Å². The predicted octanol–water partition coefficient (Wildman–Crippen LogP) is 4.25. The summed E-state index contributed by atoms with van der Waals surface area (Å²) in [5.74, 6) is 0.431. The normalized spacial score (nSPS) is 12.0. The highest BCUT2D eigenvalue weighted by molar-refractivity contribution is 7.71. The van der Waals surface area contributed by atoms with Crippen LogP contribution in [0.2, 0.25) is 0 Å². The Labute approximate surface area is 178 Å². The van der Waals surface area contributed by atoms with Gasteiger partial charge in [-0.15, -0.1) is 11.3 Å². The average Bonchev–Trinajstić information content (AvgIpc) is 3.35. The first kappa shape index (κ1) is 20.9. The molecule has 3 N–H and O–H groups in total. The molecule has 2 heterocycles. The number of carbonyl (C=O) groups is 2. The van der Waals surface area contributed by atoms with Gasteiger partial charge in [0, 0.05) is 6.54 Å². The molecule has 0 radical (unpaired) electrons. The van der Waals surface area contributed by atoms with E-state index in [1.165, 1.54) is 11.3 Å². The van der Waals surface area contributed by atoms with Crippen molar-refractivity contribution in [1.82, 2.24) is 20.1 Å². The summed E-state index contributed by atoms with van der Waals surface area (Å²) in [6, 6.07) is 10.2. The second-order valence-electron chi connectivity index (χ2n) is 7.01. The number of anilines is 1. The van der Waals surface area contributed by atoms with Gasteiger partial charge in [0.05, 0.1) is 16.1 Å². The lowest BCUT2D eigenvalue weighted by atomic mass is 10.1. The van der Waals surface area contributed by atoms with Gasteiger partial charge in [0.2, 0.25) is 5.91 Å². The minimum atomic E-state index is -0.620. The highest BCUT2D eigenvalue weighted by Gasteiger charge is 2.23. The van der Waals surface area contributed by atoms with Crippen LogP contribution in [0.25, 0.3) is 10.7 Å². The minimum Gasteiger partial charge on any atom is -0.352 e. The summed E-state index contributed by atoms with van der Waals surface area (Å²) in [6.45, 7) is 6.36. The molecular formula is C20H23N5O2S2. The first-order chi connectivity index (χ1) is 13.9. The molecule has 0 saturated heterocycles. The van der Waals surface area contributed by atoms with Gasteiger partial charge in [0.1, 0.15) is 6.04 Å². The van der Waals surface area contributed by atoms with Crippen molar-refractivity contribution < 1.29 is 9.59 Å². The quantitative estimate of drug-likeness (QED) is 0.490. The summed E-state index contributed by atoms with van der Waals surface area (Å²) in [4.78, 5) is 26.4. The number of hydrogen-bond acceptors (Lipinski definition) is 5. The molecule has 1 atom stereocenters. The Balaban J connectivity index is 1.83. The minimum absolute atomic E-state index is 0.221. The number of H-pyrrole nitrogens is 1. The largest absolute Gasteiger partial charge is 0.352 e. The van der Waals surface area contributed by atoms with Gasteiger partial charge in [-0.25, -0.2) is 0 Å². The molecule has 2 aromatic heterocycles. The first-order valence-electron chi connectivity index (χ1n) is 9.27. The molecule has 0 saturated carbocycles. The zero-order valence-electron chi connectivity index (χ0n) is 16.4. The van der Waals surface area contributed by atoms with Gasteiger partial charge >= 0.3 is 0 Å². The molecule has 9 heteroatoms. The van der Waals surface area contributed by atoms with Gasteiger partial charge in [0.15, 0.2) is 10.6 Å². The number of hydrogen-bond donors (Lipinski definition) is 3. The lowest BCUT2D eigenvalue weighted by Crippen LogP contribution is -2.29. The summed E-state index contributed by atoms with van der Waals surface area (Å²) in [5, 5.41) is 14.7. The SMILES string of the molecule is CC(C)CNC(=O)c1ccccc1NC(=O)C(C)n1c(-c2cccs2)n[nH]c1=S. The maximum absolute atomic E-state index is 13.0. The predicted molar refractivity (Wildman–Crippen MR) is 118 cm³/mol. The fraction of sp³-hybridized carbons (Fsp3) is 0.300. The second kappa shape index (κ2) is 9.15. The molecule has 7 nitrogen and oxygen atoms in total. The van der Waals surface area contributed by atoms with Crippen LogP contribution >= 0.6 is 23.6 Å². The fourth-order valence-electron chi connectivity index (χ4n) is 2.78. The number of amides is 2. The smallest absolute Gasteiger partial charge is 0.253 e. The molecule has 1 unspecified atom stereocenters. The van der Waals surface area contributed by atoms with E-state index < -0.39 is 6.04 Å². The van der Waals surface area contributed by atoms with Crippen LogP contribution in [0.15, 0.2) is 41.8 Å². The summed E-state index contributed by atoms with van der Waals surface area (Å²) in [5.41, 5.74) is 0.876. The number of rotatable bonds is 7. The maximum atomic E-state index is 13.0. The number of para-hydroxylation sites is 1. The van der Waals surface area contributed by atoms with Crippen LogP contribution in [0.5, 0.6) is 0 Å². The summed E-state index contributed by atoms with van der Waals surface area (Å²) in [6.07, 6.45) is 0. The van der Waals surface area contributed by atoms with Gasteiger partial charge in [0.25, 0.3) is 5.91 Å². The molecular weight excluding hydrogens is 406 g/mol. The molecule has 0 fully saturated rings. The zero-order chi connectivity index (χ0) is 21.0. The van der Waals surface area contributed by atoms with Crippen molar-refractivity contribution in [3.05, 3.63) is 52.1 Å². The summed E-state index contributed by atoms with van der Waals surface area (Å²) >= 11 is 6.85. The van der Waals surface area contributed by atoms with Crippen LogP contribution in [0.3, 0.4) is 0 Å². The van der Waals surface area contributed by atoms with E-state index in [0.29, 0.717) is 34.3 Å². The monoisotopic (exact) mass is 429 g/mol. The van der Waals surface area contributed by atoms with E-state index in [-0.39, 0.29) is 11.8 Å². The Kier molecular flexibility index (Phi) is 6.60. The Morgan fingerprint density at radius 2 is 1.97 bits per heavy atom. The molecule has 29 heavy (non-hydrogen) atoms. The lowest BCUT2D eigenvalue weighted by Gasteiger charge is -2.17. The van der Waals surface area contributed by atoms with Crippen LogP contribution in [0, 0.1) is 10.7 Å². The number of benzene rings is 1. The van der Waals surface area contributed by atoms with E-state index in [0.717, 1.165) is 4.88 Å². The van der Waals surface area contributed by atoms with E-state index in [1.54, 1.807) is 35.8 Å². The fourth-order valence-corrected chi connectivity index (χ4v) is 3.78. The van der Waals surface area contributed by atoms with Gasteiger partial charge in [-0.1, -0.05) is 32.0 Å².